The molecule has 0 aliphatic carbocycles. The van der Waals surface area contributed by atoms with Gasteiger partial charge < -0.3 is 19.8 Å². The van der Waals surface area contributed by atoms with Crippen molar-refractivity contribution >= 4 is 21.8 Å². The zero-order chi connectivity index (χ0) is 22.8. The van der Waals surface area contributed by atoms with E-state index in [1.165, 1.54) is 16.4 Å². The summed E-state index contributed by atoms with van der Waals surface area (Å²) >= 11 is 0. The van der Waals surface area contributed by atoms with Crippen molar-refractivity contribution in [3.8, 4) is 5.75 Å². The van der Waals surface area contributed by atoms with Crippen LogP contribution < -0.4 is 10.5 Å². The molecule has 0 bridgehead atoms. The van der Waals surface area contributed by atoms with Crippen molar-refractivity contribution in [2.75, 3.05) is 26.2 Å². The summed E-state index contributed by atoms with van der Waals surface area (Å²) in [5.74, 6) is -0.306. The summed E-state index contributed by atoms with van der Waals surface area (Å²) < 4.78 is 37.5. The van der Waals surface area contributed by atoms with Gasteiger partial charge in [-0.05, 0) is 42.7 Å². The van der Waals surface area contributed by atoms with Gasteiger partial charge in [0, 0.05) is 26.2 Å². The van der Waals surface area contributed by atoms with Crippen molar-refractivity contribution in [3.63, 3.8) is 0 Å². The molecule has 1 saturated heterocycles. The van der Waals surface area contributed by atoms with Crippen LogP contribution in [0.4, 0.5) is 0 Å². The molecule has 168 valence electrons. The molecule has 9 nitrogen and oxygen atoms in total. The Morgan fingerprint density at radius 3 is 2.32 bits per heavy atom. The van der Waals surface area contributed by atoms with Crippen LogP contribution in [0.25, 0.3) is 0 Å². The standard InChI is InChI=1S/C21H27N3O6S/c1-14(2)16-5-4-6-17(13-16)29-15(3)21(26)23-9-11-24(12-10-23)31(27,28)19-8-7-18(30-19)20(22)25/h4-8,13-15H,9-12H2,1-3H3,(H2,22,25)/t15-/m1/s1. The van der Waals surface area contributed by atoms with Gasteiger partial charge in [0.2, 0.25) is 5.09 Å². The number of hydrogen-bond donors (Lipinski definition) is 1. The summed E-state index contributed by atoms with van der Waals surface area (Å²) in [6.07, 6.45) is -0.700. The predicted octanol–water partition coefficient (Wildman–Crippen LogP) is 1.80. The average Bonchev–Trinajstić information content (AvgIpc) is 3.25. The first-order valence-corrected chi connectivity index (χ1v) is 11.5. The summed E-state index contributed by atoms with van der Waals surface area (Å²) in [6.45, 7) is 6.51. The van der Waals surface area contributed by atoms with Crippen LogP contribution in [0, 0.1) is 0 Å². The van der Waals surface area contributed by atoms with E-state index in [9.17, 15) is 18.0 Å². The molecule has 2 heterocycles. The van der Waals surface area contributed by atoms with Gasteiger partial charge in [-0.2, -0.15) is 4.31 Å². The largest absolute Gasteiger partial charge is 0.481 e. The highest BCUT2D eigenvalue weighted by molar-refractivity contribution is 7.89. The van der Waals surface area contributed by atoms with Gasteiger partial charge in [-0.3, -0.25) is 9.59 Å². The van der Waals surface area contributed by atoms with Gasteiger partial charge in [-0.1, -0.05) is 26.0 Å². The van der Waals surface area contributed by atoms with Gasteiger partial charge in [-0.15, -0.1) is 0 Å². The number of rotatable bonds is 7. The Bertz CT molecular complexity index is 1050. The summed E-state index contributed by atoms with van der Waals surface area (Å²) in [4.78, 5) is 25.5. The second-order valence-corrected chi connectivity index (χ2v) is 9.57. The molecule has 31 heavy (non-hydrogen) atoms. The molecule has 10 heteroatoms. The van der Waals surface area contributed by atoms with E-state index in [1.54, 1.807) is 11.8 Å². The molecule has 2 aromatic rings. The minimum Gasteiger partial charge on any atom is -0.481 e. The van der Waals surface area contributed by atoms with Crippen LogP contribution >= 0.6 is 0 Å². The van der Waals surface area contributed by atoms with Gasteiger partial charge >= 0.3 is 0 Å². The van der Waals surface area contributed by atoms with Gasteiger partial charge in [0.15, 0.2) is 11.9 Å². The molecular weight excluding hydrogens is 422 g/mol. The molecule has 1 aliphatic rings. The Hall–Kier alpha value is -2.85. The number of furan rings is 1. The Balaban J connectivity index is 1.60. The lowest BCUT2D eigenvalue weighted by molar-refractivity contribution is -0.139. The average molecular weight is 450 g/mol. The topological polar surface area (TPSA) is 123 Å². The molecule has 0 unspecified atom stereocenters. The van der Waals surface area contributed by atoms with Gasteiger partial charge in [-0.25, -0.2) is 8.42 Å². The zero-order valence-corrected chi connectivity index (χ0v) is 18.6. The normalized spacial score (nSPS) is 16.3. The molecular formula is C21H27N3O6S. The van der Waals surface area contributed by atoms with Crippen molar-refractivity contribution in [1.82, 2.24) is 9.21 Å². The van der Waals surface area contributed by atoms with Crippen molar-refractivity contribution in [2.45, 2.75) is 37.9 Å². The fraction of sp³-hybridized carbons (Fsp3) is 0.429. The molecule has 0 saturated carbocycles. The first kappa shape index (κ1) is 22.8. The molecule has 1 aromatic heterocycles. The number of primary amides is 1. The highest BCUT2D eigenvalue weighted by atomic mass is 32.2. The van der Waals surface area contributed by atoms with E-state index in [0.717, 1.165) is 5.56 Å². The highest BCUT2D eigenvalue weighted by Gasteiger charge is 2.34. The minimum absolute atomic E-state index is 0.107. The Labute approximate surface area is 181 Å². The quantitative estimate of drug-likeness (QED) is 0.688. The number of benzene rings is 1. The Kier molecular flexibility index (Phi) is 6.71. The van der Waals surface area contributed by atoms with Crippen molar-refractivity contribution in [1.29, 1.82) is 0 Å². The van der Waals surface area contributed by atoms with Crippen molar-refractivity contribution in [3.05, 3.63) is 47.7 Å². The summed E-state index contributed by atoms with van der Waals surface area (Å²) in [6, 6.07) is 10.1. The van der Waals surface area contributed by atoms with Crippen LogP contribution in [-0.4, -0.2) is 61.7 Å². The molecule has 0 radical (unpaired) electrons. The van der Waals surface area contributed by atoms with Crippen LogP contribution in [0.2, 0.25) is 0 Å². The molecule has 1 aromatic carbocycles. The lowest BCUT2D eigenvalue weighted by Crippen LogP contribution is -2.53. The number of hydrogen-bond acceptors (Lipinski definition) is 6. The van der Waals surface area contributed by atoms with E-state index in [1.807, 2.05) is 24.3 Å². The first-order chi connectivity index (χ1) is 14.6. The number of nitrogens with two attached hydrogens (primary N) is 1. The molecule has 1 atom stereocenters. The van der Waals surface area contributed by atoms with Gasteiger partial charge in [0.05, 0.1) is 0 Å². The van der Waals surface area contributed by atoms with Crippen LogP contribution in [0.3, 0.4) is 0 Å². The predicted molar refractivity (Wildman–Crippen MR) is 113 cm³/mol. The van der Waals surface area contributed by atoms with E-state index >= 15 is 0 Å². The fourth-order valence-electron chi connectivity index (χ4n) is 3.33. The van der Waals surface area contributed by atoms with E-state index in [2.05, 4.69) is 13.8 Å². The lowest BCUT2D eigenvalue weighted by atomic mass is 10.0. The third-order valence-electron chi connectivity index (χ3n) is 5.15. The molecule has 1 aliphatic heterocycles. The van der Waals surface area contributed by atoms with Crippen LogP contribution in [0.1, 0.15) is 42.8 Å². The third kappa shape index (κ3) is 5.08. The first-order valence-electron chi connectivity index (χ1n) is 10.0. The third-order valence-corrected chi connectivity index (χ3v) is 6.93. The van der Waals surface area contributed by atoms with Crippen LogP contribution in [0.5, 0.6) is 5.75 Å². The molecule has 2 N–H and O–H groups in total. The van der Waals surface area contributed by atoms with Crippen molar-refractivity contribution in [2.24, 2.45) is 5.73 Å². The maximum Gasteiger partial charge on any atom is 0.284 e. The van der Waals surface area contributed by atoms with Gasteiger partial charge in [0.1, 0.15) is 5.75 Å². The Morgan fingerprint density at radius 1 is 1.06 bits per heavy atom. The molecule has 1 fully saturated rings. The van der Waals surface area contributed by atoms with E-state index in [-0.39, 0.29) is 42.9 Å². The highest BCUT2D eigenvalue weighted by Crippen LogP contribution is 2.23. The SMILES string of the molecule is CC(C)c1cccc(O[C@H](C)C(=O)N2CCN(S(=O)(=O)c3ccc(C(N)=O)o3)CC2)c1. The Morgan fingerprint density at radius 2 is 1.74 bits per heavy atom. The number of carbonyl (C=O) groups is 2. The number of piperazine rings is 1. The number of ether oxygens (including phenoxy) is 1. The zero-order valence-electron chi connectivity index (χ0n) is 17.8. The fourth-order valence-corrected chi connectivity index (χ4v) is 4.66. The van der Waals surface area contributed by atoms with Crippen molar-refractivity contribution < 1.29 is 27.2 Å². The molecule has 3 rings (SSSR count). The minimum atomic E-state index is -3.92. The maximum absolute atomic E-state index is 12.8. The second-order valence-electron chi connectivity index (χ2n) is 7.70. The number of sulfonamides is 1. The van der Waals surface area contributed by atoms with E-state index in [0.29, 0.717) is 11.7 Å². The van der Waals surface area contributed by atoms with E-state index < -0.39 is 22.0 Å². The van der Waals surface area contributed by atoms with Crippen LogP contribution in [0.15, 0.2) is 45.9 Å². The number of carbonyl (C=O) groups excluding carboxylic acids is 2. The monoisotopic (exact) mass is 449 g/mol. The molecule has 0 spiro atoms. The lowest BCUT2D eigenvalue weighted by Gasteiger charge is -2.34. The smallest absolute Gasteiger partial charge is 0.284 e. The maximum atomic E-state index is 12.8. The summed E-state index contributed by atoms with van der Waals surface area (Å²) in [5.41, 5.74) is 6.23. The molecule has 2 amide bonds. The van der Waals surface area contributed by atoms with Gasteiger partial charge in [0.25, 0.3) is 21.8 Å². The number of amides is 2. The summed E-state index contributed by atoms with van der Waals surface area (Å²) in [7, 11) is -3.92. The van der Waals surface area contributed by atoms with E-state index in [4.69, 9.17) is 14.9 Å². The summed E-state index contributed by atoms with van der Waals surface area (Å²) in [5, 5.41) is -0.345. The number of nitrogens with zero attached hydrogens (tertiary/aromatic N) is 2. The second kappa shape index (κ2) is 9.11. The van der Waals surface area contributed by atoms with Crippen LogP contribution in [-0.2, 0) is 14.8 Å².